The first-order chi connectivity index (χ1) is 9.77. The molecule has 0 unspecified atom stereocenters. The number of rotatable bonds is 3. The molecule has 0 saturated carbocycles. The average molecular weight is 357 g/mol. The fraction of sp³-hybridized carbons (Fsp3) is 0.188. The Kier molecular flexibility index (Phi) is 4.52. The molecule has 0 aliphatic heterocycles. The van der Waals surface area contributed by atoms with Crippen LogP contribution in [0.2, 0.25) is 0 Å². The standard InChI is InChI=1S/C16H12BrF3O/c1-10-8-12(4-7-14(10)17)15(21)9-11-2-5-13(6-3-11)16(18,19)20/h2-8H,9H2,1H3. The summed E-state index contributed by atoms with van der Waals surface area (Å²) in [6, 6.07) is 9.92. The van der Waals surface area contributed by atoms with Gasteiger partial charge in [0.25, 0.3) is 0 Å². The number of carbonyl (C=O) groups excluding carboxylic acids is 1. The van der Waals surface area contributed by atoms with E-state index in [-0.39, 0.29) is 12.2 Å². The lowest BCUT2D eigenvalue weighted by Gasteiger charge is -2.08. The van der Waals surface area contributed by atoms with E-state index >= 15 is 0 Å². The second-order valence-corrected chi connectivity index (χ2v) is 5.61. The lowest BCUT2D eigenvalue weighted by molar-refractivity contribution is -0.137. The molecule has 0 atom stereocenters. The zero-order valence-electron chi connectivity index (χ0n) is 11.2. The highest BCUT2D eigenvalue weighted by Crippen LogP contribution is 2.29. The summed E-state index contributed by atoms with van der Waals surface area (Å²) in [4.78, 5) is 12.1. The van der Waals surface area contributed by atoms with Gasteiger partial charge in [-0.3, -0.25) is 4.79 Å². The van der Waals surface area contributed by atoms with Crippen LogP contribution in [0.25, 0.3) is 0 Å². The number of aryl methyl sites for hydroxylation is 1. The lowest BCUT2D eigenvalue weighted by atomic mass is 10.0. The minimum absolute atomic E-state index is 0.0825. The Morgan fingerprint density at radius 2 is 1.71 bits per heavy atom. The summed E-state index contributed by atoms with van der Waals surface area (Å²) in [5.41, 5.74) is 1.34. The Labute approximate surface area is 128 Å². The minimum Gasteiger partial charge on any atom is -0.294 e. The van der Waals surface area contributed by atoms with E-state index in [0.29, 0.717) is 11.1 Å². The molecular weight excluding hydrogens is 345 g/mol. The highest BCUT2D eigenvalue weighted by atomic mass is 79.9. The summed E-state index contributed by atoms with van der Waals surface area (Å²) in [5.74, 6) is -0.120. The van der Waals surface area contributed by atoms with E-state index in [1.807, 2.05) is 6.92 Å². The molecule has 0 heterocycles. The fourth-order valence-corrected chi connectivity index (χ4v) is 2.16. The van der Waals surface area contributed by atoms with Crippen LogP contribution in [0.4, 0.5) is 13.2 Å². The smallest absolute Gasteiger partial charge is 0.294 e. The largest absolute Gasteiger partial charge is 0.416 e. The number of alkyl halides is 3. The summed E-state index contributed by atoms with van der Waals surface area (Å²) in [5, 5.41) is 0. The van der Waals surface area contributed by atoms with Gasteiger partial charge < -0.3 is 0 Å². The van der Waals surface area contributed by atoms with Gasteiger partial charge >= 0.3 is 6.18 Å². The van der Waals surface area contributed by atoms with Crippen LogP contribution in [0.5, 0.6) is 0 Å². The van der Waals surface area contributed by atoms with Crippen molar-refractivity contribution in [2.45, 2.75) is 19.5 Å². The molecule has 0 N–H and O–H groups in total. The van der Waals surface area contributed by atoms with Crippen LogP contribution < -0.4 is 0 Å². The molecule has 1 nitrogen and oxygen atoms in total. The quantitative estimate of drug-likeness (QED) is 0.690. The first-order valence-corrected chi connectivity index (χ1v) is 7.02. The number of carbonyl (C=O) groups is 1. The van der Waals surface area contributed by atoms with Gasteiger partial charge in [-0.1, -0.05) is 34.1 Å². The number of benzene rings is 2. The Morgan fingerprint density at radius 1 is 1.10 bits per heavy atom. The highest BCUT2D eigenvalue weighted by molar-refractivity contribution is 9.10. The van der Waals surface area contributed by atoms with Gasteiger partial charge in [0.2, 0.25) is 0 Å². The van der Waals surface area contributed by atoms with E-state index < -0.39 is 11.7 Å². The molecule has 0 radical (unpaired) electrons. The molecule has 0 fully saturated rings. The van der Waals surface area contributed by atoms with E-state index in [9.17, 15) is 18.0 Å². The molecular formula is C16H12BrF3O. The van der Waals surface area contributed by atoms with Crippen LogP contribution in [-0.2, 0) is 12.6 Å². The van der Waals surface area contributed by atoms with Crippen LogP contribution in [0.15, 0.2) is 46.9 Å². The van der Waals surface area contributed by atoms with Gasteiger partial charge in [-0.05, 0) is 42.3 Å². The summed E-state index contributed by atoms with van der Waals surface area (Å²) in [6.45, 7) is 1.87. The van der Waals surface area contributed by atoms with Crippen LogP contribution >= 0.6 is 15.9 Å². The van der Waals surface area contributed by atoms with Crippen molar-refractivity contribution >= 4 is 21.7 Å². The SMILES string of the molecule is Cc1cc(C(=O)Cc2ccc(C(F)(F)F)cc2)ccc1Br. The van der Waals surface area contributed by atoms with Crippen molar-refractivity contribution in [3.8, 4) is 0 Å². The molecule has 2 aromatic rings. The molecule has 0 saturated heterocycles. The maximum absolute atomic E-state index is 12.5. The fourth-order valence-electron chi connectivity index (χ4n) is 1.92. The van der Waals surface area contributed by atoms with Crippen LogP contribution in [0.3, 0.4) is 0 Å². The number of Topliss-reactive ketones (excluding diaryl/α,β-unsaturated/α-hetero) is 1. The van der Waals surface area contributed by atoms with Crippen molar-refractivity contribution in [1.82, 2.24) is 0 Å². The number of hydrogen-bond acceptors (Lipinski definition) is 1. The average Bonchev–Trinajstić information content (AvgIpc) is 2.41. The third-order valence-electron chi connectivity index (χ3n) is 3.13. The third-order valence-corrected chi connectivity index (χ3v) is 4.02. The van der Waals surface area contributed by atoms with Gasteiger partial charge in [-0.2, -0.15) is 13.2 Å². The molecule has 110 valence electrons. The monoisotopic (exact) mass is 356 g/mol. The first kappa shape index (κ1) is 15.8. The molecule has 0 bridgehead atoms. The second-order valence-electron chi connectivity index (χ2n) is 4.76. The van der Waals surface area contributed by atoms with Crippen molar-refractivity contribution < 1.29 is 18.0 Å². The van der Waals surface area contributed by atoms with Gasteiger partial charge in [-0.25, -0.2) is 0 Å². The maximum atomic E-state index is 12.5. The molecule has 0 spiro atoms. The second kappa shape index (κ2) is 6.02. The van der Waals surface area contributed by atoms with E-state index in [0.717, 1.165) is 22.2 Å². The van der Waals surface area contributed by atoms with Gasteiger partial charge in [0, 0.05) is 16.5 Å². The summed E-state index contributed by atoms with van der Waals surface area (Å²) < 4.78 is 38.3. The molecule has 0 aromatic heterocycles. The van der Waals surface area contributed by atoms with Crippen LogP contribution in [0.1, 0.15) is 27.0 Å². The number of hydrogen-bond donors (Lipinski definition) is 0. The van der Waals surface area contributed by atoms with Crippen molar-refractivity contribution in [2.75, 3.05) is 0 Å². The van der Waals surface area contributed by atoms with E-state index in [4.69, 9.17) is 0 Å². The highest BCUT2D eigenvalue weighted by Gasteiger charge is 2.29. The predicted octanol–water partition coefficient (Wildman–Crippen LogP) is 5.20. The van der Waals surface area contributed by atoms with Gasteiger partial charge in [0.1, 0.15) is 0 Å². The van der Waals surface area contributed by atoms with Crippen molar-refractivity contribution in [2.24, 2.45) is 0 Å². The minimum atomic E-state index is -4.36. The van der Waals surface area contributed by atoms with Gasteiger partial charge in [0.05, 0.1) is 5.56 Å². The Balaban J connectivity index is 2.14. The van der Waals surface area contributed by atoms with E-state index in [1.165, 1.54) is 12.1 Å². The summed E-state index contributed by atoms with van der Waals surface area (Å²) in [7, 11) is 0. The van der Waals surface area contributed by atoms with E-state index in [1.54, 1.807) is 18.2 Å². The third kappa shape index (κ3) is 3.94. The summed E-state index contributed by atoms with van der Waals surface area (Å²) in [6.07, 6.45) is -4.27. The zero-order valence-corrected chi connectivity index (χ0v) is 12.8. The zero-order chi connectivity index (χ0) is 15.6. The van der Waals surface area contributed by atoms with Gasteiger partial charge in [-0.15, -0.1) is 0 Å². The Bertz CT molecular complexity index is 660. The van der Waals surface area contributed by atoms with Crippen molar-refractivity contribution in [3.05, 3.63) is 69.2 Å². The van der Waals surface area contributed by atoms with Gasteiger partial charge in [0.15, 0.2) is 5.78 Å². The topological polar surface area (TPSA) is 17.1 Å². The van der Waals surface area contributed by atoms with Crippen LogP contribution in [-0.4, -0.2) is 5.78 Å². The van der Waals surface area contributed by atoms with Crippen molar-refractivity contribution in [1.29, 1.82) is 0 Å². The first-order valence-electron chi connectivity index (χ1n) is 6.23. The molecule has 0 amide bonds. The van der Waals surface area contributed by atoms with Crippen molar-refractivity contribution in [3.63, 3.8) is 0 Å². The number of halogens is 4. The Morgan fingerprint density at radius 3 is 2.24 bits per heavy atom. The Hall–Kier alpha value is -1.62. The van der Waals surface area contributed by atoms with Crippen LogP contribution in [0, 0.1) is 6.92 Å². The maximum Gasteiger partial charge on any atom is 0.416 e. The predicted molar refractivity (Wildman–Crippen MR) is 78.4 cm³/mol. The molecule has 0 aliphatic carbocycles. The molecule has 21 heavy (non-hydrogen) atoms. The van der Waals surface area contributed by atoms with E-state index in [2.05, 4.69) is 15.9 Å². The summed E-state index contributed by atoms with van der Waals surface area (Å²) >= 11 is 3.35. The molecule has 0 aliphatic rings. The molecule has 5 heteroatoms. The molecule has 2 rings (SSSR count). The number of ketones is 1. The normalized spacial score (nSPS) is 11.5. The lowest BCUT2D eigenvalue weighted by Crippen LogP contribution is -2.07. The molecule has 2 aromatic carbocycles.